The molecule has 2 unspecified atom stereocenters. The summed E-state index contributed by atoms with van der Waals surface area (Å²) >= 11 is 0. The predicted octanol–water partition coefficient (Wildman–Crippen LogP) is 4.23. The zero-order valence-electron chi connectivity index (χ0n) is 50.8. The quantitative estimate of drug-likeness (QED) is 0.0625. The summed E-state index contributed by atoms with van der Waals surface area (Å²) in [4.78, 5) is 39.6. The molecule has 468 valence electrons. The third kappa shape index (κ3) is 14.2. The van der Waals surface area contributed by atoms with Gasteiger partial charge in [0.25, 0.3) is 0 Å². The molecule has 24 nitrogen and oxygen atoms in total. The van der Waals surface area contributed by atoms with Crippen LogP contribution in [-0.4, -0.2) is 216 Å². The molecule has 25 heteroatoms. The van der Waals surface area contributed by atoms with Gasteiger partial charge in [-0.3, -0.25) is 4.79 Å². The van der Waals surface area contributed by atoms with E-state index < -0.39 is 145 Å². The van der Waals surface area contributed by atoms with Crippen molar-refractivity contribution in [2.24, 2.45) is 39.9 Å². The van der Waals surface area contributed by atoms with Crippen LogP contribution in [0.5, 0.6) is 0 Å². The largest absolute Gasteiger partial charge is 0.462 e. The standard InChI is InChI=1S/C58H91FN6O18/c1-16-42-58(10,71)50(67)32(4)44(61-77-29-72-12)30(2)24-57(9,75-15)52(33(5)47(34(6)53(69)80-42)81-43-25-56(8,74-14)51(68)35(7)79-43)82-55-46(66)40(23-31(3)78-55)64(11)22-21-38-27-65(63-60-38)41(26-59)48(73-13)37-19-17-36(18-20-37)45-39-28-76-54(70)49(39)83-62-45/h17-20,27,30-35,39-43,46-52,55,66-68,71H,16,21-26,28-29H2,1-15H3/b61-44+/t30-,31-,32+,33+,34-,35+,39?,40+,41-,42-,43+,46-,47+,48-,49?,50-,51+,52-,55+,56-,57-,58-/m1/s1. The van der Waals surface area contributed by atoms with E-state index in [1.165, 1.54) is 40.0 Å². The number of aliphatic hydroxyl groups is 4. The van der Waals surface area contributed by atoms with Gasteiger partial charge in [0.05, 0.1) is 70.7 Å². The number of methoxy groups -OCH3 is 4. The third-order valence-electron chi connectivity index (χ3n) is 18.1. The van der Waals surface area contributed by atoms with Crippen LogP contribution in [0.2, 0.25) is 0 Å². The van der Waals surface area contributed by atoms with Gasteiger partial charge in [0.1, 0.15) is 49.3 Å². The maximum atomic E-state index is 15.1. The number of cyclic esters (lactones) is 2. The molecule has 5 aliphatic heterocycles. The number of alkyl halides is 1. The van der Waals surface area contributed by atoms with Gasteiger partial charge in [0.15, 0.2) is 12.6 Å². The van der Waals surface area contributed by atoms with Crippen LogP contribution in [0.15, 0.2) is 40.8 Å². The zero-order chi connectivity index (χ0) is 60.9. The van der Waals surface area contributed by atoms with Gasteiger partial charge in [0.2, 0.25) is 12.9 Å². The normalized spacial score (nSPS) is 39.6. The highest BCUT2D eigenvalue weighted by molar-refractivity contribution is 6.06. The fraction of sp³-hybridized carbons (Fsp3) is 0.793. The molecule has 6 heterocycles. The lowest BCUT2D eigenvalue weighted by Gasteiger charge is -2.50. The summed E-state index contributed by atoms with van der Waals surface area (Å²) < 4.78 is 78.2. The first-order valence-electron chi connectivity index (χ1n) is 28.9. The number of aliphatic hydroxyl groups excluding tert-OH is 3. The third-order valence-corrected chi connectivity index (χ3v) is 18.1. The molecule has 0 aliphatic carbocycles. The van der Waals surface area contributed by atoms with Gasteiger partial charge in [-0.2, -0.15) is 0 Å². The number of oxime groups is 2. The molecule has 0 spiro atoms. The lowest BCUT2D eigenvalue weighted by atomic mass is 9.73. The van der Waals surface area contributed by atoms with E-state index in [1.807, 2.05) is 63.9 Å². The first-order chi connectivity index (χ1) is 39.3. The van der Waals surface area contributed by atoms with Crippen molar-refractivity contribution in [1.82, 2.24) is 19.9 Å². The van der Waals surface area contributed by atoms with Gasteiger partial charge >= 0.3 is 11.9 Å². The number of likely N-dealkylation sites (N-methyl/N-ethyl adjacent to an activating group) is 1. The van der Waals surface area contributed by atoms with Crippen molar-refractivity contribution in [2.45, 2.75) is 204 Å². The monoisotopic (exact) mass is 1180 g/mol. The van der Waals surface area contributed by atoms with Crippen LogP contribution >= 0.6 is 0 Å². The summed E-state index contributed by atoms with van der Waals surface area (Å²) in [6.45, 7) is 17.0. The first-order valence-corrected chi connectivity index (χ1v) is 28.9. The number of hydrogen-bond acceptors (Lipinski definition) is 23. The molecule has 1 aromatic carbocycles. The van der Waals surface area contributed by atoms with E-state index >= 15 is 4.39 Å². The van der Waals surface area contributed by atoms with Crippen LogP contribution in [0, 0.1) is 29.6 Å². The Balaban J connectivity index is 1.15. The molecule has 5 aliphatic rings. The number of benzene rings is 1. The zero-order valence-corrected chi connectivity index (χ0v) is 50.8. The fourth-order valence-electron chi connectivity index (χ4n) is 12.8. The molecule has 4 N–H and O–H groups in total. The molecule has 2 aromatic rings. The fourth-order valence-corrected chi connectivity index (χ4v) is 12.8. The average molecular weight is 1180 g/mol. The maximum absolute atomic E-state index is 15.1. The van der Waals surface area contributed by atoms with Gasteiger partial charge in [-0.25, -0.2) is 13.9 Å². The van der Waals surface area contributed by atoms with Crippen molar-refractivity contribution in [3.63, 3.8) is 0 Å². The topological polar surface area (TPSA) is 284 Å². The van der Waals surface area contributed by atoms with Gasteiger partial charge in [0, 0.05) is 77.8 Å². The lowest BCUT2D eigenvalue weighted by Crippen LogP contribution is -2.61. The maximum Gasteiger partial charge on any atom is 0.351 e. The molecule has 0 amide bonds. The predicted molar refractivity (Wildman–Crippen MR) is 296 cm³/mol. The minimum Gasteiger partial charge on any atom is -0.462 e. The first kappa shape index (κ1) is 66.2. The molecule has 0 saturated carbocycles. The van der Waals surface area contributed by atoms with E-state index in [4.69, 9.17) is 57.0 Å². The summed E-state index contributed by atoms with van der Waals surface area (Å²) in [6, 6.07) is 5.89. The van der Waals surface area contributed by atoms with E-state index in [9.17, 15) is 30.0 Å². The highest BCUT2D eigenvalue weighted by atomic mass is 19.1. The van der Waals surface area contributed by atoms with Crippen LogP contribution in [-0.2, 0) is 73.1 Å². The van der Waals surface area contributed by atoms with Crippen molar-refractivity contribution < 1.29 is 91.4 Å². The number of rotatable bonds is 20. The van der Waals surface area contributed by atoms with E-state index in [2.05, 4.69) is 20.6 Å². The summed E-state index contributed by atoms with van der Waals surface area (Å²) in [7, 11) is 7.85. The highest BCUT2D eigenvalue weighted by Crippen LogP contribution is 2.43. The second-order valence-electron chi connectivity index (χ2n) is 24.0. The molecule has 22 atom stereocenters. The van der Waals surface area contributed by atoms with E-state index in [0.717, 1.165) is 5.56 Å². The molecule has 4 fully saturated rings. The minimum absolute atomic E-state index is 0.0735. The number of fused-ring (bicyclic) bond motifs is 1. The molecule has 7 rings (SSSR count). The molecule has 0 bridgehead atoms. The minimum atomic E-state index is -1.98. The second-order valence-corrected chi connectivity index (χ2v) is 24.0. The SMILES string of the molecule is CC[C@H]1OC(=O)[C@H](C)[C@@H](O[C@H]2C[C@@](C)(OC)[C@@H](O)[C@H](C)O2)[C@H](C)[C@@H](O[C@@H]2O[C@H](C)C[C@H](N(C)CCc3cn([C@H](CF)[C@H](OC)c4ccc(C5=NOC6C(=O)OCC56)cc4)nn3)[C@H]2O)[C@](C)(OC)C[C@@H](C)/C(=N\OCOC)[C@H](C)[C@@H](O)[C@]1(C)O. The van der Waals surface area contributed by atoms with Crippen molar-refractivity contribution >= 4 is 23.4 Å². The summed E-state index contributed by atoms with van der Waals surface area (Å²) in [5.74, 6) is -4.81. The van der Waals surface area contributed by atoms with Crippen molar-refractivity contribution in [3.05, 3.63) is 47.3 Å². The van der Waals surface area contributed by atoms with E-state index in [1.54, 1.807) is 40.8 Å². The van der Waals surface area contributed by atoms with Crippen molar-refractivity contribution in [2.75, 3.05) is 62.1 Å². The Hall–Kier alpha value is -4.35. The number of carbonyl (C=O) groups excluding carboxylic acids is 2. The number of esters is 2. The Labute approximate surface area is 486 Å². The number of halogens is 1. The number of carbonyl (C=O) groups is 2. The average Bonchev–Trinajstić information content (AvgIpc) is 4.27. The molecular formula is C58H91FN6O18. The van der Waals surface area contributed by atoms with E-state index in [0.29, 0.717) is 42.1 Å². The van der Waals surface area contributed by atoms with Gasteiger partial charge in [-0.05, 0) is 79.0 Å². The van der Waals surface area contributed by atoms with Crippen LogP contribution in [0.4, 0.5) is 4.39 Å². The number of ether oxygens (including phenoxy) is 10. The Morgan fingerprint density at radius 2 is 1.61 bits per heavy atom. The molecule has 4 saturated heterocycles. The van der Waals surface area contributed by atoms with Gasteiger partial charge in [-0.1, -0.05) is 67.5 Å². The van der Waals surface area contributed by atoms with Crippen LogP contribution in [0.25, 0.3) is 0 Å². The summed E-state index contributed by atoms with van der Waals surface area (Å²) in [6.07, 6.45) is -9.29. The van der Waals surface area contributed by atoms with Gasteiger partial charge < -0.3 is 82.4 Å². The Kier molecular flexibility index (Phi) is 22.3. The molecule has 1 aromatic heterocycles. The number of aromatic nitrogens is 3. The Bertz CT molecular complexity index is 2510. The second kappa shape index (κ2) is 28.0. The lowest BCUT2D eigenvalue weighted by molar-refractivity contribution is -0.319. The van der Waals surface area contributed by atoms with Gasteiger partial charge in [-0.15, -0.1) is 5.10 Å². The van der Waals surface area contributed by atoms with Crippen LogP contribution in [0.1, 0.15) is 124 Å². The van der Waals surface area contributed by atoms with Crippen molar-refractivity contribution in [3.8, 4) is 0 Å². The Morgan fingerprint density at radius 3 is 2.25 bits per heavy atom. The van der Waals surface area contributed by atoms with Crippen molar-refractivity contribution in [1.29, 1.82) is 0 Å². The summed E-state index contributed by atoms with van der Waals surface area (Å²) in [5, 5.41) is 65.3. The molecule has 0 radical (unpaired) electrons. The highest BCUT2D eigenvalue weighted by Gasteiger charge is 2.55. The van der Waals surface area contributed by atoms with Crippen LogP contribution in [0.3, 0.4) is 0 Å². The number of nitrogens with zero attached hydrogens (tertiary/aromatic N) is 6. The smallest absolute Gasteiger partial charge is 0.351 e. The summed E-state index contributed by atoms with van der Waals surface area (Å²) in [5.41, 5.74) is -1.45. The Morgan fingerprint density at radius 1 is 0.916 bits per heavy atom. The molecular weight excluding hydrogens is 1090 g/mol. The van der Waals surface area contributed by atoms with Crippen LogP contribution < -0.4 is 0 Å². The van der Waals surface area contributed by atoms with E-state index in [-0.39, 0.29) is 38.6 Å². The molecule has 83 heavy (non-hydrogen) atoms. The number of hydrogen-bond donors (Lipinski definition) is 4.